The zero-order chi connectivity index (χ0) is 13.3. The number of ketones is 1. The summed E-state index contributed by atoms with van der Waals surface area (Å²) in [6.45, 7) is 8.31. The van der Waals surface area contributed by atoms with Crippen molar-refractivity contribution in [2.24, 2.45) is 11.8 Å². The molecule has 1 aromatic rings. The molecule has 1 aromatic carbocycles. The van der Waals surface area contributed by atoms with Gasteiger partial charge in [0.2, 0.25) is 0 Å². The molecule has 0 spiro atoms. The van der Waals surface area contributed by atoms with Crippen LogP contribution in [0.1, 0.15) is 37.6 Å². The van der Waals surface area contributed by atoms with Gasteiger partial charge in [-0.05, 0) is 43.4 Å². The quantitative estimate of drug-likeness (QED) is 0.765. The first-order valence-electron chi connectivity index (χ1n) is 6.52. The highest BCUT2D eigenvalue weighted by molar-refractivity contribution is 9.10. The van der Waals surface area contributed by atoms with Crippen LogP contribution in [0.2, 0.25) is 0 Å². The Balaban J connectivity index is 2.35. The Morgan fingerprint density at radius 2 is 1.89 bits per heavy atom. The fourth-order valence-electron chi connectivity index (χ4n) is 2.93. The van der Waals surface area contributed by atoms with E-state index in [0.29, 0.717) is 11.8 Å². The van der Waals surface area contributed by atoms with Crippen LogP contribution in [-0.4, -0.2) is 18.9 Å². The van der Waals surface area contributed by atoms with Crippen LogP contribution in [0.3, 0.4) is 0 Å². The molecule has 1 heterocycles. The standard InChI is InChI=1S/C15H20BrNO/c1-10-6-11(2)9-17(8-10)15-5-4-13(16)7-14(15)12(3)18/h4-5,7,10-11H,6,8-9H2,1-3H3. The minimum atomic E-state index is 0.136. The predicted octanol–water partition coefficient (Wildman–Crippen LogP) is 4.13. The van der Waals surface area contributed by atoms with E-state index in [9.17, 15) is 4.79 Å². The van der Waals surface area contributed by atoms with Gasteiger partial charge in [-0.25, -0.2) is 0 Å². The van der Waals surface area contributed by atoms with Crippen molar-refractivity contribution in [2.45, 2.75) is 27.2 Å². The number of nitrogens with zero attached hydrogens (tertiary/aromatic N) is 1. The third-order valence-electron chi connectivity index (χ3n) is 3.55. The Kier molecular flexibility index (Phi) is 4.10. The van der Waals surface area contributed by atoms with Gasteiger partial charge in [-0.15, -0.1) is 0 Å². The van der Waals surface area contributed by atoms with Gasteiger partial charge in [0.25, 0.3) is 0 Å². The third kappa shape index (κ3) is 2.94. The first-order valence-corrected chi connectivity index (χ1v) is 7.32. The Morgan fingerprint density at radius 1 is 1.28 bits per heavy atom. The van der Waals surface area contributed by atoms with E-state index in [1.807, 2.05) is 12.1 Å². The highest BCUT2D eigenvalue weighted by atomic mass is 79.9. The molecule has 0 aromatic heterocycles. The summed E-state index contributed by atoms with van der Waals surface area (Å²) >= 11 is 3.44. The Hall–Kier alpha value is -0.830. The topological polar surface area (TPSA) is 20.3 Å². The van der Waals surface area contributed by atoms with E-state index in [0.717, 1.165) is 28.8 Å². The van der Waals surface area contributed by atoms with Gasteiger partial charge in [0.05, 0.1) is 0 Å². The van der Waals surface area contributed by atoms with Crippen LogP contribution in [0.15, 0.2) is 22.7 Å². The van der Waals surface area contributed by atoms with E-state index < -0.39 is 0 Å². The lowest BCUT2D eigenvalue weighted by molar-refractivity contribution is 0.101. The molecule has 2 rings (SSSR count). The molecule has 1 fully saturated rings. The third-order valence-corrected chi connectivity index (χ3v) is 4.04. The molecule has 3 heteroatoms. The number of carbonyl (C=O) groups is 1. The average Bonchev–Trinajstić information content (AvgIpc) is 2.27. The molecule has 1 saturated heterocycles. The van der Waals surface area contributed by atoms with E-state index >= 15 is 0 Å². The van der Waals surface area contributed by atoms with Gasteiger partial charge < -0.3 is 4.90 Å². The second-order valence-corrected chi connectivity index (χ2v) is 6.48. The predicted molar refractivity (Wildman–Crippen MR) is 79.3 cm³/mol. The number of halogens is 1. The lowest BCUT2D eigenvalue weighted by atomic mass is 9.91. The van der Waals surface area contributed by atoms with E-state index in [1.165, 1.54) is 6.42 Å². The number of Topliss-reactive ketones (excluding diaryl/α,β-unsaturated/α-hetero) is 1. The molecule has 0 bridgehead atoms. The lowest BCUT2D eigenvalue weighted by Crippen LogP contribution is -2.39. The number of hydrogen-bond donors (Lipinski definition) is 0. The molecule has 0 aliphatic carbocycles. The maximum absolute atomic E-state index is 11.8. The Bertz CT molecular complexity index is 448. The van der Waals surface area contributed by atoms with Crippen molar-refractivity contribution in [1.29, 1.82) is 0 Å². The van der Waals surface area contributed by atoms with Crippen LogP contribution in [0, 0.1) is 11.8 Å². The molecular formula is C15H20BrNO. The smallest absolute Gasteiger partial charge is 0.161 e. The molecule has 1 aliphatic rings. The molecule has 1 aliphatic heterocycles. The molecule has 0 N–H and O–H groups in total. The van der Waals surface area contributed by atoms with Gasteiger partial charge in [-0.3, -0.25) is 4.79 Å². The highest BCUT2D eigenvalue weighted by Crippen LogP contribution is 2.30. The van der Waals surface area contributed by atoms with Gasteiger partial charge >= 0.3 is 0 Å². The summed E-state index contributed by atoms with van der Waals surface area (Å²) in [5, 5.41) is 0. The SMILES string of the molecule is CC(=O)c1cc(Br)ccc1N1CC(C)CC(C)C1. The fourth-order valence-corrected chi connectivity index (χ4v) is 3.29. The second kappa shape index (κ2) is 5.43. The highest BCUT2D eigenvalue weighted by Gasteiger charge is 2.24. The van der Waals surface area contributed by atoms with Crippen LogP contribution in [0.25, 0.3) is 0 Å². The Labute approximate surface area is 117 Å². The van der Waals surface area contributed by atoms with Gasteiger partial charge in [0, 0.05) is 28.8 Å². The van der Waals surface area contributed by atoms with Crippen molar-refractivity contribution in [1.82, 2.24) is 0 Å². The summed E-state index contributed by atoms with van der Waals surface area (Å²) in [6.07, 6.45) is 1.28. The fraction of sp³-hybridized carbons (Fsp3) is 0.533. The number of anilines is 1. The molecule has 2 atom stereocenters. The maximum Gasteiger partial charge on any atom is 0.161 e. The summed E-state index contributed by atoms with van der Waals surface area (Å²) < 4.78 is 0.967. The number of carbonyl (C=O) groups excluding carboxylic acids is 1. The van der Waals surface area contributed by atoms with E-state index in [4.69, 9.17) is 0 Å². The minimum Gasteiger partial charge on any atom is -0.370 e. The van der Waals surface area contributed by atoms with Gasteiger partial charge in [0.1, 0.15) is 0 Å². The molecular weight excluding hydrogens is 290 g/mol. The number of hydrogen-bond acceptors (Lipinski definition) is 2. The summed E-state index contributed by atoms with van der Waals surface area (Å²) in [5.74, 6) is 1.52. The van der Waals surface area contributed by atoms with Gasteiger partial charge in [-0.1, -0.05) is 29.8 Å². The molecule has 18 heavy (non-hydrogen) atoms. The number of benzene rings is 1. The number of rotatable bonds is 2. The van der Waals surface area contributed by atoms with Crippen LogP contribution in [0.4, 0.5) is 5.69 Å². The summed E-state index contributed by atoms with van der Waals surface area (Å²) in [5.41, 5.74) is 1.91. The first kappa shape index (κ1) is 13.6. The van der Waals surface area contributed by atoms with Crippen molar-refractivity contribution >= 4 is 27.4 Å². The van der Waals surface area contributed by atoms with E-state index in [1.54, 1.807) is 6.92 Å². The van der Waals surface area contributed by atoms with E-state index in [2.05, 4.69) is 40.7 Å². The second-order valence-electron chi connectivity index (χ2n) is 5.57. The molecule has 98 valence electrons. The molecule has 2 nitrogen and oxygen atoms in total. The largest absolute Gasteiger partial charge is 0.370 e. The molecule has 0 radical (unpaired) electrons. The number of piperidine rings is 1. The Morgan fingerprint density at radius 3 is 2.44 bits per heavy atom. The minimum absolute atomic E-state index is 0.136. The summed E-state index contributed by atoms with van der Waals surface area (Å²) in [7, 11) is 0. The zero-order valence-electron chi connectivity index (χ0n) is 11.2. The summed E-state index contributed by atoms with van der Waals surface area (Å²) in [4.78, 5) is 14.1. The van der Waals surface area contributed by atoms with Crippen molar-refractivity contribution in [3.8, 4) is 0 Å². The average molecular weight is 310 g/mol. The molecule has 0 saturated carbocycles. The van der Waals surface area contributed by atoms with Crippen molar-refractivity contribution in [3.63, 3.8) is 0 Å². The zero-order valence-corrected chi connectivity index (χ0v) is 12.8. The van der Waals surface area contributed by atoms with Crippen LogP contribution in [0.5, 0.6) is 0 Å². The van der Waals surface area contributed by atoms with Crippen LogP contribution in [-0.2, 0) is 0 Å². The lowest BCUT2D eigenvalue weighted by Gasteiger charge is -2.37. The van der Waals surface area contributed by atoms with Crippen molar-refractivity contribution in [3.05, 3.63) is 28.2 Å². The van der Waals surface area contributed by atoms with Crippen LogP contribution >= 0.6 is 15.9 Å². The molecule has 0 amide bonds. The normalized spacial score (nSPS) is 24.1. The van der Waals surface area contributed by atoms with E-state index in [-0.39, 0.29) is 5.78 Å². The van der Waals surface area contributed by atoms with Crippen molar-refractivity contribution in [2.75, 3.05) is 18.0 Å². The van der Waals surface area contributed by atoms with Crippen molar-refractivity contribution < 1.29 is 4.79 Å². The first-order chi connectivity index (χ1) is 8.47. The summed E-state index contributed by atoms with van der Waals surface area (Å²) in [6, 6.07) is 6.01. The van der Waals surface area contributed by atoms with Crippen LogP contribution < -0.4 is 4.90 Å². The molecule has 2 unspecified atom stereocenters. The van der Waals surface area contributed by atoms with Gasteiger partial charge in [0.15, 0.2) is 5.78 Å². The van der Waals surface area contributed by atoms with Gasteiger partial charge in [-0.2, -0.15) is 0 Å². The monoisotopic (exact) mass is 309 g/mol. The maximum atomic E-state index is 11.8.